The number of imide groups is 1. The number of hydrogen-bond acceptors (Lipinski definition) is 5. The number of anilines is 1. The van der Waals surface area contributed by atoms with E-state index < -0.39 is 23.9 Å². The summed E-state index contributed by atoms with van der Waals surface area (Å²) in [5.74, 6) is -1.72. The van der Waals surface area contributed by atoms with Crippen molar-refractivity contribution in [1.82, 2.24) is 4.90 Å². The third-order valence-corrected chi connectivity index (χ3v) is 8.78. The molecule has 2 amide bonds. The predicted octanol–water partition coefficient (Wildman–Crippen LogP) is 6.01. The predicted molar refractivity (Wildman–Crippen MR) is 152 cm³/mol. The number of nitrogens with zero attached hydrogens (tertiary/aromatic N) is 2. The minimum atomic E-state index is -0.827. The van der Waals surface area contributed by atoms with Gasteiger partial charge in [-0.2, -0.15) is 0 Å². The van der Waals surface area contributed by atoms with Gasteiger partial charge in [-0.1, -0.05) is 54.6 Å². The van der Waals surface area contributed by atoms with Crippen molar-refractivity contribution in [2.45, 2.75) is 12.1 Å². The smallest absolute Gasteiger partial charge is 0.240 e. The molecule has 3 heterocycles. The van der Waals surface area contributed by atoms with Crippen LogP contribution in [0.15, 0.2) is 95.6 Å². The first-order chi connectivity index (χ1) is 19.0. The van der Waals surface area contributed by atoms with Gasteiger partial charge < -0.3 is 9.64 Å². The average Bonchev–Trinajstić information content (AvgIpc) is 3.44. The van der Waals surface area contributed by atoms with Crippen molar-refractivity contribution in [3.8, 4) is 5.75 Å². The lowest BCUT2D eigenvalue weighted by Gasteiger charge is -2.35. The molecule has 6 nitrogen and oxygen atoms in total. The maximum absolute atomic E-state index is 14.2. The molecule has 0 spiro atoms. The molecule has 39 heavy (non-hydrogen) atoms. The Morgan fingerprint density at radius 2 is 1.59 bits per heavy atom. The number of ketones is 1. The van der Waals surface area contributed by atoms with Crippen LogP contribution in [0, 0.1) is 11.8 Å². The highest BCUT2D eigenvalue weighted by Crippen LogP contribution is 2.54. The van der Waals surface area contributed by atoms with Gasteiger partial charge in [-0.3, -0.25) is 14.4 Å². The standard InChI is InChI=1S/C32H23BrN2O4/c1-39-25-13-11-21(17-24(25)33)30(36)29-27-26(28-23-9-5-4-7-19(23)14-15-34(28)29)31(37)35(32(27)38)22-12-10-18-6-2-3-8-20(18)16-22/h2-17,26-29H,1H3/t26-,27-,28+,29+/m1/s1. The lowest BCUT2D eigenvalue weighted by Crippen LogP contribution is -2.44. The summed E-state index contributed by atoms with van der Waals surface area (Å²) in [5, 5.41) is 1.96. The first-order valence-corrected chi connectivity index (χ1v) is 13.6. The molecule has 0 aliphatic carbocycles. The number of carbonyl (C=O) groups is 3. The van der Waals surface area contributed by atoms with Crippen molar-refractivity contribution in [1.29, 1.82) is 0 Å². The van der Waals surface area contributed by atoms with Gasteiger partial charge in [0.05, 0.1) is 35.1 Å². The largest absolute Gasteiger partial charge is 0.496 e. The summed E-state index contributed by atoms with van der Waals surface area (Å²) < 4.78 is 5.99. The van der Waals surface area contributed by atoms with Crippen molar-refractivity contribution in [3.63, 3.8) is 0 Å². The van der Waals surface area contributed by atoms with Gasteiger partial charge in [-0.05, 0) is 74.2 Å². The molecule has 7 rings (SSSR count). The minimum absolute atomic E-state index is 0.207. The second-order valence-corrected chi connectivity index (χ2v) is 10.9. The third-order valence-electron chi connectivity index (χ3n) is 8.16. The zero-order chi connectivity index (χ0) is 26.8. The molecule has 0 aromatic heterocycles. The molecule has 7 heteroatoms. The Bertz CT molecular complexity index is 1730. The number of methoxy groups -OCH3 is 1. The number of fused-ring (bicyclic) bond motifs is 6. The Labute approximate surface area is 233 Å². The fourth-order valence-corrected chi connectivity index (χ4v) is 6.96. The SMILES string of the molecule is COc1ccc(C(=O)[C@@H]2[C@@H]3C(=O)N(c4ccc5ccccc5c4)C(=O)[C@H]3[C@@H]3c4ccccc4C=CN23)cc1Br. The lowest BCUT2D eigenvalue weighted by molar-refractivity contribution is -0.123. The highest BCUT2D eigenvalue weighted by Gasteiger charge is 2.64. The fraction of sp³-hybridized carbons (Fsp3) is 0.156. The molecule has 0 unspecified atom stereocenters. The summed E-state index contributed by atoms with van der Waals surface area (Å²) >= 11 is 3.48. The van der Waals surface area contributed by atoms with E-state index >= 15 is 0 Å². The second kappa shape index (κ2) is 8.92. The Morgan fingerprint density at radius 3 is 2.38 bits per heavy atom. The van der Waals surface area contributed by atoms with Crippen LogP contribution < -0.4 is 9.64 Å². The quantitative estimate of drug-likeness (QED) is 0.219. The van der Waals surface area contributed by atoms with E-state index in [9.17, 15) is 14.4 Å². The van der Waals surface area contributed by atoms with Gasteiger partial charge in [0.25, 0.3) is 0 Å². The number of ether oxygens (including phenoxy) is 1. The zero-order valence-electron chi connectivity index (χ0n) is 21.0. The molecule has 0 bridgehead atoms. The minimum Gasteiger partial charge on any atom is -0.496 e. The van der Waals surface area contributed by atoms with E-state index in [0.29, 0.717) is 21.5 Å². The van der Waals surface area contributed by atoms with Crippen molar-refractivity contribution in [2.24, 2.45) is 11.8 Å². The van der Waals surface area contributed by atoms with Crippen LogP contribution in [-0.4, -0.2) is 35.6 Å². The van der Waals surface area contributed by atoms with E-state index in [-0.39, 0.29) is 17.6 Å². The van der Waals surface area contributed by atoms with Gasteiger partial charge in [0.2, 0.25) is 11.8 Å². The van der Waals surface area contributed by atoms with Gasteiger partial charge in [0, 0.05) is 11.8 Å². The molecule has 2 saturated heterocycles. The van der Waals surface area contributed by atoms with Crippen molar-refractivity contribution < 1.29 is 19.1 Å². The Balaban J connectivity index is 1.36. The number of hydrogen-bond donors (Lipinski definition) is 0. The molecule has 0 saturated carbocycles. The van der Waals surface area contributed by atoms with Crippen molar-refractivity contribution >= 4 is 56.1 Å². The number of rotatable bonds is 4. The number of Topliss-reactive ketones (excluding diaryl/α,β-unsaturated/α-hetero) is 1. The normalized spacial score (nSPS) is 23.1. The fourth-order valence-electron chi connectivity index (χ4n) is 6.42. The van der Waals surface area contributed by atoms with Crippen LogP contribution >= 0.6 is 15.9 Å². The van der Waals surface area contributed by atoms with E-state index in [0.717, 1.165) is 21.9 Å². The number of carbonyl (C=O) groups excluding carboxylic acids is 3. The van der Waals surface area contributed by atoms with Gasteiger partial charge in [-0.15, -0.1) is 0 Å². The molecule has 4 atom stereocenters. The first-order valence-electron chi connectivity index (χ1n) is 12.8. The third kappa shape index (κ3) is 3.49. The Morgan fingerprint density at radius 1 is 0.846 bits per heavy atom. The van der Waals surface area contributed by atoms with E-state index in [2.05, 4.69) is 15.9 Å². The van der Waals surface area contributed by atoms with Crippen LogP contribution in [0.5, 0.6) is 5.75 Å². The number of halogens is 1. The molecular weight excluding hydrogens is 556 g/mol. The summed E-state index contributed by atoms with van der Waals surface area (Å²) in [5.41, 5.74) is 2.91. The molecule has 4 aromatic carbocycles. The van der Waals surface area contributed by atoms with Gasteiger partial charge in [0.15, 0.2) is 5.78 Å². The van der Waals surface area contributed by atoms with Crippen LogP contribution in [0.3, 0.4) is 0 Å². The molecule has 3 aliphatic rings. The summed E-state index contributed by atoms with van der Waals surface area (Å²) in [6.45, 7) is 0. The maximum atomic E-state index is 14.2. The Hall–Kier alpha value is -4.23. The molecule has 192 valence electrons. The van der Waals surface area contributed by atoms with E-state index in [1.54, 1.807) is 25.3 Å². The highest BCUT2D eigenvalue weighted by molar-refractivity contribution is 9.10. The monoisotopic (exact) mass is 578 g/mol. The number of amides is 2. The van der Waals surface area contributed by atoms with Crippen LogP contribution in [-0.2, 0) is 9.59 Å². The van der Waals surface area contributed by atoms with Gasteiger partial charge in [-0.25, -0.2) is 4.90 Å². The first kappa shape index (κ1) is 23.9. The molecule has 0 N–H and O–H groups in total. The van der Waals surface area contributed by atoms with E-state index in [1.165, 1.54) is 4.90 Å². The molecule has 0 radical (unpaired) electrons. The zero-order valence-corrected chi connectivity index (χ0v) is 22.5. The second-order valence-electron chi connectivity index (χ2n) is 10.1. The lowest BCUT2D eigenvalue weighted by atomic mass is 9.83. The van der Waals surface area contributed by atoms with Crippen LogP contribution in [0.1, 0.15) is 27.5 Å². The van der Waals surface area contributed by atoms with E-state index in [4.69, 9.17) is 4.74 Å². The highest BCUT2D eigenvalue weighted by atomic mass is 79.9. The molecule has 2 fully saturated rings. The van der Waals surface area contributed by atoms with Crippen molar-refractivity contribution in [3.05, 3.63) is 112 Å². The summed E-state index contributed by atoms with van der Waals surface area (Å²) in [4.78, 5) is 45.7. The van der Waals surface area contributed by atoms with Gasteiger partial charge in [0.1, 0.15) is 11.8 Å². The van der Waals surface area contributed by atoms with Gasteiger partial charge >= 0.3 is 0 Å². The van der Waals surface area contributed by atoms with E-state index in [1.807, 2.05) is 83.9 Å². The molecule has 4 aromatic rings. The summed E-state index contributed by atoms with van der Waals surface area (Å²) in [7, 11) is 1.56. The van der Waals surface area contributed by atoms with Crippen molar-refractivity contribution in [2.75, 3.05) is 12.0 Å². The number of benzene rings is 4. The summed E-state index contributed by atoms with van der Waals surface area (Å²) in [6.07, 6.45) is 3.82. The maximum Gasteiger partial charge on any atom is 0.240 e. The summed E-state index contributed by atoms with van der Waals surface area (Å²) in [6, 6.07) is 25.2. The van der Waals surface area contributed by atoms with Crippen LogP contribution in [0.2, 0.25) is 0 Å². The van der Waals surface area contributed by atoms with Crippen LogP contribution in [0.4, 0.5) is 5.69 Å². The topological polar surface area (TPSA) is 66.9 Å². The average molecular weight is 579 g/mol. The van der Waals surface area contributed by atoms with Crippen LogP contribution in [0.25, 0.3) is 16.8 Å². The molecular formula is C32H23BrN2O4. The molecule has 3 aliphatic heterocycles. The Kier molecular flexibility index (Phi) is 5.45.